The maximum atomic E-state index is 12.6. The van der Waals surface area contributed by atoms with E-state index in [4.69, 9.17) is 9.84 Å². The number of hydrogen-bond donors (Lipinski definition) is 6. The molecule has 2 aromatic carbocycles. The second-order valence-corrected chi connectivity index (χ2v) is 5.87. The molecule has 0 aliphatic carbocycles. The smallest absolute Gasteiger partial charge is 0.342 e. The molecule has 0 fully saturated rings. The number of aromatic carboxylic acids is 1. The number of phenols is 4. The molecule has 154 valence electrons. The fourth-order valence-electron chi connectivity index (χ4n) is 2.71. The van der Waals surface area contributed by atoms with Gasteiger partial charge in [-0.15, -0.1) is 0 Å². The molecule has 29 heavy (non-hydrogen) atoms. The van der Waals surface area contributed by atoms with Crippen LogP contribution in [0.25, 0.3) is 0 Å². The molecule has 0 aliphatic rings. The van der Waals surface area contributed by atoms with Crippen LogP contribution in [-0.2, 0) is 11.2 Å². The van der Waals surface area contributed by atoms with E-state index in [0.29, 0.717) is 0 Å². The summed E-state index contributed by atoms with van der Waals surface area (Å²) in [6, 6.07) is 2.54. The van der Waals surface area contributed by atoms with Gasteiger partial charge in [-0.25, -0.2) is 9.59 Å². The number of rotatable bonds is 6. The topological polar surface area (TPSA) is 174 Å². The van der Waals surface area contributed by atoms with Gasteiger partial charge in [0.25, 0.3) is 5.91 Å². The molecule has 0 spiro atoms. The third-order valence-electron chi connectivity index (χ3n) is 4.05. The Labute approximate surface area is 164 Å². The van der Waals surface area contributed by atoms with Crippen molar-refractivity contribution < 1.29 is 44.7 Å². The lowest BCUT2D eigenvalue weighted by atomic mass is 9.98. The number of aromatic hydroxyl groups is 4. The Morgan fingerprint density at radius 1 is 0.931 bits per heavy atom. The molecule has 6 N–H and O–H groups in total. The van der Waals surface area contributed by atoms with Gasteiger partial charge in [-0.3, -0.25) is 4.79 Å². The molecule has 0 saturated carbocycles. The molecule has 10 heteroatoms. The highest BCUT2D eigenvalue weighted by atomic mass is 16.5. The molecule has 0 saturated heterocycles. The van der Waals surface area contributed by atoms with Crippen LogP contribution in [0.15, 0.2) is 18.2 Å². The minimum absolute atomic E-state index is 0.0162. The lowest BCUT2D eigenvalue weighted by Gasteiger charge is -2.15. The number of anilines is 1. The number of carbonyl (C=O) groups excluding carboxylic acids is 2. The van der Waals surface area contributed by atoms with Crippen molar-refractivity contribution in [2.45, 2.75) is 20.3 Å². The van der Waals surface area contributed by atoms with Gasteiger partial charge in [0.15, 0.2) is 0 Å². The predicted octanol–water partition coefficient (Wildman–Crippen LogP) is 2.20. The Kier molecular flexibility index (Phi) is 6.17. The van der Waals surface area contributed by atoms with Gasteiger partial charge in [0.05, 0.1) is 17.9 Å². The fraction of sp³-hybridized carbons (Fsp3) is 0.211. The number of amides is 1. The lowest BCUT2D eigenvalue weighted by Crippen LogP contribution is -2.16. The summed E-state index contributed by atoms with van der Waals surface area (Å²) in [5.74, 6) is -5.85. The van der Waals surface area contributed by atoms with Crippen LogP contribution in [0.4, 0.5) is 5.69 Å². The summed E-state index contributed by atoms with van der Waals surface area (Å²) >= 11 is 0. The summed E-state index contributed by atoms with van der Waals surface area (Å²) in [4.78, 5) is 35.5. The number of ether oxygens (including phenoxy) is 1. The number of carboxylic acids is 1. The lowest BCUT2D eigenvalue weighted by molar-refractivity contribution is 0.0522. The van der Waals surface area contributed by atoms with Crippen molar-refractivity contribution in [2.75, 3.05) is 11.9 Å². The molecule has 0 radical (unpaired) electrons. The molecule has 2 aromatic rings. The molecule has 0 bridgehead atoms. The highest BCUT2D eigenvalue weighted by Crippen LogP contribution is 2.36. The standard InChI is InChI=1S/C19H19NO9/c1-3-8-15(14(23)6-10(16(8)24)18(26)27)17(25)20-11-7-12(21)9(5-13(11)22)19(28)29-4-2/h5-7,21-24H,3-4H2,1-2H3,(H,20,25)(H,26,27). The zero-order chi connectivity index (χ0) is 21.9. The van der Waals surface area contributed by atoms with E-state index >= 15 is 0 Å². The highest BCUT2D eigenvalue weighted by molar-refractivity contribution is 6.10. The number of phenolic OH excluding ortho intramolecular Hbond substituents is 3. The number of carbonyl (C=O) groups is 3. The number of carboxylic acid groups (broad SMARTS) is 1. The largest absolute Gasteiger partial charge is 0.507 e. The quantitative estimate of drug-likeness (QED) is 0.239. The number of hydrogen-bond acceptors (Lipinski definition) is 8. The van der Waals surface area contributed by atoms with E-state index in [1.165, 1.54) is 6.92 Å². The van der Waals surface area contributed by atoms with Crippen LogP contribution in [-0.4, -0.2) is 50.0 Å². The third-order valence-corrected chi connectivity index (χ3v) is 4.05. The first-order chi connectivity index (χ1) is 13.6. The van der Waals surface area contributed by atoms with Crippen LogP contribution in [0.2, 0.25) is 0 Å². The van der Waals surface area contributed by atoms with Gasteiger partial charge >= 0.3 is 11.9 Å². The summed E-state index contributed by atoms with van der Waals surface area (Å²) < 4.78 is 4.74. The number of nitrogens with one attached hydrogen (secondary N) is 1. The van der Waals surface area contributed by atoms with Crippen molar-refractivity contribution in [3.63, 3.8) is 0 Å². The van der Waals surface area contributed by atoms with Gasteiger partial charge in [-0.2, -0.15) is 0 Å². The molecular formula is C19H19NO9. The Bertz CT molecular complexity index is 998. The molecule has 0 aromatic heterocycles. The minimum Gasteiger partial charge on any atom is -0.507 e. The summed E-state index contributed by atoms with van der Waals surface area (Å²) in [5.41, 5.74) is -1.70. The SMILES string of the molecule is CCOC(=O)c1cc(O)c(NC(=O)c2c(O)cc(C(=O)O)c(O)c2CC)cc1O. The first kappa shape index (κ1) is 21.4. The monoisotopic (exact) mass is 405 g/mol. The molecule has 0 atom stereocenters. The first-order valence-corrected chi connectivity index (χ1v) is 8.47. The Morgan fingerprint density at radius 3 is 2.10 bits per heavy atom. The van der Waals surface area contributed by atoms with E-state index in [2.05, 4.69) is 5.32 Å². The normalized spacial score (nSPS) is 10.4. The van der Waals surface area contributed by atoms with Gasteiger partial charge in [-0.1, -0.05) is 6.92 Å². The van der Waals surface area contributed by atoms with E-state index in [1.807, 2.05) is 0 Å². The average molecular weight is 405 g/mol. The van der Waals surface area contributed by atoms with Crippen LogP contribution in [0.1, 0.15) is 50.5 Å². The van der Waals surface area contributed by atoms with Crippen LogP contribution in [0.5, 0.6) is 23.0 Å². The summed E-state index contributed by atoms with van der Waals surface area (Å²) in [6.45, 7) is 3.15. The maximum absolute atomic E-state index is 12.6. The summed E-state index contributed by atoms with van der Waals surface area (Å²) in [5, 5.41) is 51.6. The van der Waals surface area contributed by atoms with Crippen LogP contribution >= 0.6 is 0 Å². The van der Waals surface area contributed by atoms with Gasteiger partial charge in [0, 0.05) is 17.7 Å². The van der Waals surface area contributed by atoms with Crippen LogP contribution < -0.4 is 5.32 Å². The van der Waals surface area contributed by atoms with Crippen molar-refractivity contribution in [3.05, 3.63) is 40.5 Å². The summed E-state index contributed by atoms with van der Waals surface area (Å²) in [6.07, 6.45) is 0.0162. The minimum atomic E-state index is -1.49. The van der Waals surface area contributed by atoms with E-state index in [-0.39, 0.29) is 29.8 Å². The van der Waals surface area contributed by atoms with E-state index in [1.54, 1.807) is 6.92 Å². The van der Waals surface area contributed by atoms with Crippen molar-refractivity contribution in [1.29, 1.82) is 0 Å². The van der Waals surface area contributed by atoms with Gasteiger partial charge in [0.2, 0.25) is 0 Å². The molecular weight excluding hydrogens is 386 g/mol. The van der Waals surface area contributed by atoms with Gasteiger partial charge < -0.3 is 35.6 Å². The molecule has 0 aliphatic heterocycles. The van der Waals surface area contributed by atoms with E-state index in [0.717, 1.165) is 18.2 Å². The second-order valence-electron chi connectivity index (χ2n) is 5.87. The van der Waals surface area contributed by atoms with Crippen molar-refractivity contribution in [1.82, 2.24) is 0 Å². The Hall–Kier alpha value is -3.95. The van der Waals surface area contributed by atoms with E-state index < -0.39 is 52.0 Å². The average Bonchev–Trinajstić information content (AvgIpc) is 2.65. The Balaban J connectivity index is 2.46. The first-order valence-electron chi connectivity index (χ1n) is 8.47. The predicted molar refractivity (Wildman–Crippen MR) is 99.8 cm³/mol. The van der Waals surface area contributed by atoms with Crippen molar-refractivity contribution in [3.8, 4) is 23.0 Å². The molecule has 0 unspecified atom stereocenters. The zero-order valence-electron chi connectivity index (χ0n) is 15.5. The molecule has 1 amide bonds. The summed E-state index contributed by atoms with van der Waals surface area (Å²) in [7, 11) is 0. The van der Waals surface area contributed by atoms with Crippen LogP contribution in [0.3, 0.4) is 0 Å². The molecule has 2 rings (SSSR count). The van der Waals surface area contributed by atoms with Gasteiger partial charge in [-0.05, 0) is 19.4 Å². The number of benzene rings is 2. The maximum Gasteiger partial charge on any atom is 0.342 e. The van der Waals surface area contributed by atoms with Crippen molar-refractivity contribution in [2.24, 2.45) is 0 Å². The van der Waals surface area contributed by atoms with E-state index in [9.17, 15) is 34.8 Å². The van der Waals surface area contributed by atoms with Gasteiger partial charge in [0.1, 0.15) is 34.1 Å². The molecule has 10 nitrogen and oxygen atoms in total. The third kappa shape index (κ3) is 4.15. The second kappa shape index (κ2) is 8.38. The molecule has 0 heterocycles. The van der Waals surface area contributed by atoms with Crippen molar-refractivity contribution >= 4 is 23.5 Å². The van der Waals surface area contributed by atoms with Crippen LogP contribution in [0, 0.1) is 0 Å². The Morgan fingerprint density at radius 2 is 1.55 bits per heavy atom. The fourth-order valence-corrected chi connectivity index (χ4v) is 2.71. The zero-order valence-corrected chi connectivity index (χ0v) is 15.5. The number of esters is 1. The highest BCUT2D eigenvalue weighted by Gasteiger charge is 2.25.